The molecule has 0 fully saturated rings. The minimum absolute atomic E-state index is 0.238. The lowest BCUT2D eigenvalue weighted by molar-refractivity contribution is -0.289. The third-order valence-electron chi connectivity index (χ3n) is 1.23. The van der Waals surface area contributed by atoms with Gasteiger partial charge in [0.2, 0.25) is 0 Å². The predicted octanol–water partition coefficient (Wildman–Crippen LogP) is 2.75. The zero-order valence-electron chi connectivity index (χ0n) is 6.84. The van der Waals surface area contributed by atoms with Crippen LogP contribution in [0, 0.1) is 0 Å². The molecule has 0 spiro atoms. The Labute approximate surface area is 77.5 Å². The maximum atomic E-state index is 11.5. The highest BCUT2D eigenvalue weighted by Crippen LogP contribution is 2.17. The van der Waals surface area contributed by atoms with Gasteiger partial charge in [0.25, 0.3) is 0 Å². The van der Waals surface area contributed by atoms with Gasteiger partial charge >= 0.3 is 12.5 Å². The van der Waals surface area contributed by atoms with Crippen LogP contribution in [0.2, 0.25) is 0 Å². The van der Waals surface area contributed by atoms with Gasteiger partial charge < -0.3 is 4.74 Å². The number of hydrogen-bond acceptors (Lipinski definition) is 2. The minimum atomic E-state index is -4.96. The molecule has 0 radical (unpaired) electrons. The van der Waals surface area contributed by atoms with Gasteiger partial charge in [0.05, 0.1) is 0 Å². The first-order valence-electron chi connectivity index (χ1n) is 3.59. The van der Waals surface area contributed by atoms with E-state index in [9.17, 15) is 18.0 Å². The number of halogens is 3. The lowest BCUT2D eigenvalue weighted by atomic mass is 10.3. The molecular formula is C8H6F3NO2. The van der Waals surface area contributed by atoms with E-state index in [0.29, 0.717) is 0 Å². The van der Waals surface area contributed by atoms with Gasteiger partial charge in [-0.15, -0.1) is 13.2 Å². The molecular weight excluding hydrogens is 199 g/mol. The quantitative estimate of drug-likeness (QED) is 0.765. The summed E-state index contributed by atoms with van der Waals surface area (Å²) in [5.41, 5.74) is 0.238. The lowest BCUT2D eigenvalue weighted by Gasteiger charge is -2.08. The van der Waals surface area contributed by atoms with Crippen LogP contribution in [0.15, 0.2) is 30.3 Å². The van der Waals surface area contributed by atoms with Gasteiger partial charge in [-0.05, 0) is 12.1 Å². The summed E-state index contributed by atoms with van der Waals surface area (Å²) < 4.78 is 37.7. The van der Waals surface area contributed by atoms with E-state index in [1.54, 1.807) is 18.2 Å². The van der Waals surface area contributed by atoms with E-state index in [-0.39, 0.29) is 5.69 Å². The standard InChI is InChI=1S/C8H6F3NO2/c9-8(10,11)14-7(13)12-6-4-2-1-3-5-6/h1-5H,(H,12,13). The first-order valence-corrected chi connectivity index (χ1v) is 3.59. The smallest absolute Gasteiger partial charge is 0.356 e. The Morgan fingerprint density at radius 2 is 1.79 bits per heavy atom. The summed E-state index contributed by atoms with van der Waals surface area (Å²) >= 11 is 0. The van der Waals surface area contributed by atoms with Crippen LogP contribution in [-0.4, -0.2) is 12.5 Å². The number of alkyl halides is 3. The molecule has 0 aliphatic carbocycles. The maximum absolute atomic E-state index is 11.5. The van der Waals surface area contributed by atoms with E-state index in [0.717, 1.165) is 0 Å². The molecule has 0 bridgehead atoms. The number of anilines is 1. The van der Waals surface area contributed by atoms with E-state index >= 15 is 0 Å². The molecule has 0 heterocycles. The maximum Gasteiger partial charge on any atom is 0.576 e. The number of hydrogen-bond donors (Lipinski definition) is 1. The second kappa shape index (κ2) is 3.99. The van der Waals surface area contributed by atoms with Crippen LogP contribution in [0.3, 0.4) is 0 Å². The molecule has 3 nitrogen and oxygen atoms in total. The van der Waals surface area contributed by atoms with Gasteiger partial charge in [0, 0.05) is 5.69 Å². The number of amides is 1. The van der Waals surface area contributed by atoms with Crippen molar-refractivity contribution in [3.63, 3.8) is 0 Å². The Kier molecular flexibility index (Phi) is 2.95. The number of para-hydroxylation sites is 1. The number of rotatable bonds is 1. The first-order chi connectivity index (χ1) is 6.47. The summed E-state index contributed by atoms with van der Waals surface area (Å²) in [6.07, 6.45) is -6.51. The van der Waals surface area contributed by atoms with Gasteiger partial charge in [-0.3, -0.25) is 5.32 Å². The molecule has 1 aromatic rings. The molecule has 1 aromatic carbocycles. The van der Waals surface area contributed by atoms with E-state index in [2.05, 4.69) is 4.74 Å². The van der Waals surface area contributed by atoms with Crippen molar-refractivity contribution in [2.75, 3.05) is 5.32 Å². The molecule has 0 aliphatic heterocycles. The van der Waals surface area contributed by atoms with Gasteiger partial charge in [-0.2, -0.15) is 0 Å². The third kappa shape index (κ3) is 3.79. The van der Waals surface area contributed by atoms with Crippen LogP contribution in [0.25, 0.3) is 0 Å². The van der Waals surface area contributed by atoms with Crippen molar-refractivity contribution in [2.24, 2.45) is 0 Å². The number of carbonyl (C=O) groups is 1. The monoisotopic (exact) mass is 205 g/mol. The van der Waals surface area contributed by atoms with E-state index in [1.165, 1.54) is 12.1 Å². The molecule has 76 valence electrons. The van der Waals surface area contributed by atoms with Crippen molar-refractivity contribution in [1.82, 2.24) is 0 Å². The molecule has 0 aliphatic rings. The third-order valence-corrected chi connectivity index (χ3v) is 1.23. The van der Waals surface area contributed by atoms with Crippen molar-refractivity contribution >= 4 is 11.8 Å². The Morgan fingerprint density at radius 3 is 2.29 bits per heavy atom. The highest BCUT2D eigenvalue weighted by Gasteiger charge is 2.33. The summed E-state index contributed by atoms with van der Waals surface area (Å²) in [7, 11) is 0. The molecule has 14 heavy (non-hydrogen) atoms. The fourth-order valence-corrected chi connectivity index (χ4v) is 0.770. The number of ether oxygens (including phenoxy) is 1. The zero-order valence-corrected chi connectivity index (χ0v) is 6.84. The van der Waals surface area contributed by atoms with Crippen molar-refractivity contribution in [2.45, 2.75) is 6.36 Å². The summed E-state index contributed by atoms with van der Waals surface area (Å²) in [6.45, 7) is 0. The Hall–Kier alpha value is -1.72. The van der Waals surface area contributed by atoms with Crippen LogP contribution in [0.1, 0.15) is 0 Å². The van der Waals surface area contributed by atoms with Crippen LogP contribution >= 0.6 is 0 Å². The van der Waals surface area contributed by atoms with Crippen molar-refractivity contribution in [3.05, 3.63) is 30.3 Å². The highest BCUT2D eigenvalue weighted by atomic mass is 19.4. The second-order valence-corrected chi connectivity index (χ2v) is 2.33. The fourth-order valence-electron chi connectivity index (χ4n) is 0.770. The molecule has 1 N–H and O–H groups in total. The van der Waals surface area contributed by atoms with Crippen LogP contribution < -0.4 is 5.32 Å². The van der Waals surface area contributed by atoms with Gasteiger partial charge in [-0.25, -0.2) is 4.79 Å². The average Bonchev–Trinajstić information content (AvgIpc) is 2.02. The molecule has 0 atom stereocenters. The summed E-state index contributed by atoms with van der Waals surface area (Å²) in [4.78, 5) is 10.6. The Bertz CT molecular complexity index is 310. The molecule has 1 rings (SSSR count). The molecule has 0 saturated carbocycles. The summed E-state index contributed by atoms with van der Waals surface area (Å²) in [5, 5.41) is 1.92. The lowest BCUT2D eigenvalue weighted by Crippen LogP contribution is -2.23. The summed E-state index contributed by atoms with van der Waals surface area (Å²) in [6, 6.07) is 7.70. The average molecular weight is 205 g/mol. The first kappa shape index (κ1) is 10.4. The SMILES string of the molecule is O=C(Nc1ccccc1)OC(F)(F)F. The van der Waals surface area contributed by atoms with Crippen LogP contribution in [-0.2, 0) is 4.74 Å². The molecule has 6 heteroatoms. The Balaban J connectivity index is 2.50. The number of carbonyl (C=O) groups excluding carboxylic acids is 1. The molecule has 0 saturated heterocycles. The largest absolute Gasteiger partial charge is 0.576 e. The zero-order chi connectivity index (χ0) is 10.6. The second-order valence-electron chi connectivity index (χ2n) is 2.33. The fraction of sp³-hybridized carbons (Fsp3) is 0.125. The predicted molar refractivity (Wildman–Crippen MR) is 42.6 cm³/mol. The van der Waals surface area contributed by atoms with Crippen LogP contribution in [0.4, 0.5) is 23.7 Å². The minimum Gasteiger partial charge on any atom is -0.356 e. The molecule has 0 aromatic heterocycles. The summed E-state index contributed by atoms with van der Waals surface area (Å²) in [5.74, 6) is 0. The van der Waals surface area contributed by atoms with Gasteiger partial charge in [-0.1, -0.05) is 18.2 Å². The molecule has 1 amide bonds. The van der Waals surface area contributed by atoms with Crippen LogP contribution in [0.5, 0.6) is 0 Å². The Morgan fingerprint density at radius 1 is 1.21 bits per heavy atom. The van der Waals surface area contributed by atoms with Gasteiger partial charge in [0.15, 0.2) is 0 Å². The van der Waals surface area contributed by atoms with E-state index in [1.807, 2.05) is 5.32 Å². The van der Waals surface area contributed by atoms with Crippen molar-refractivity contribution in [1.29, 1.82) is 0 Å². The van der Waals surface area contributed by atoms with E-state index in [4.69, 9.17) is 0 Å². The number of benzene rings is 1. The number of nitrogens with one attached hydrogen (secondary N) is 1. The highest BCUT2D eigenvalue weighted by molar-refractivity contribution is 5.84. The van der Waals surface area contributed by atoms with Crippen molar-refractivity contribution < 1.29 is 22.7 Å². The van der Waals surface area contributed by atoms with Gasteiger partial charge in [0.1, 0.15) is 0 Å². The molecule has 0 unspecified atom stereocenters. The van der Waals surface area contributed by atoms with E-state index < -0.39 is 12.5 Å². The topological polar surface area (TPSA) is 38.3 Å². The van der Waals surface area contributed by atoms with Crippen molar-refractivity contribution in [3.8, 4) is 0 Å². The normalized spacial score (nSPS) is 10.8.